The molecule has 0 radical (unpaired) electrons. The molecule has 0 atom stereocenters. The van der Waals surface area contributed by atoms with E-state index in [0.29, 0.717) is 18.1 Å². The summed E-state index contributed by atoms with van der Waals surface area (Å²) in [6.07, 6.45) is 11.7. The Bertz CT molecular complexity index is 1210. The third-order valence-electron chi connectivity index (χ3n) is 6.32. The Morgan fingerprint density at radius 3 is 2.71 bits per heavy atom. The minimum absolute atomic E-state index is 0.106. The Balaban J connectivity index is 1.26. The van der Waals surface area contributed by atoms with Gasteiger partial charge in [-0.2, -0.15) is 0 Å². The summed E-state index contributed by atoms with van der Waals surface area (Å²) in [4.78, 5) is 29.2. The number of hydrogen-bond acceptors (Lipinski definition) is 8. The van der Waals surface area contributed by atoms with Crippen LogP contribution in [0.3, 0.4) is 0 Å². The number of ether oxygens (including phenoxy) is 2. The molecule has 9 heteroatoms. The standard InChI is InChI=1S/C25H28N6O3/c1-26-25(32)21-14-23(30-15-29-21)31-18-2-4-19(5-3-18)34-22-13-17(16-6-10-33-11-7-16)12-20-24(22)28-9-8-27-20/h6,8-9,12-15,18-19H,2-5,7,10-11H2,1H3,(H,26,32)(H,29,30,31)/t18-,19+. The van der Waals surface area contributed by atoms with E-state index < -0.39 is 0 Å². The maximum absolute atomic E-state index is 11.8. The van der Waals surface area contributed by atoms with Gasteiger partial charge >= 0.3 is 0 Å². The van der Waals surface area contributed by atoms with E-state index in [2.05, 4.69) is 48.8 Å². The van der Waals surface area contributed by atoms with Crippen molar-refractivity contribution in [1.29, 1.82) is 0 Å². The van der Waals surface area contributed by atoms with Gasteiger partial charge in [0.25, 0.3) is 5.91 Å². The predicted octanol–water partition coefficient (Wildman–Crippen LogP) is 3.39. The molecule has 1 aliphatic heterocycles. The van der Waals surface area contributed by atoms with E-state index >= 15 is 0 Å². The molecular formula is C25H28N6O3. The van der Waals surface area contributed by atoms with Crippen molar-refractivity contribution in [2.45, 2.75) is 44.2 Å². The molecule has 3 heterocycles. The minimum Gasteiger partial charge on any atom is -0.488 e. The number of hydrogen-bond donors (Lipinski definition) is 2. The van der Waals surface area contributed by atoms with Gasteiger partial charge in [0.1, 0.15) is 29.1 Å². The fourth-order valence-corrected chi connectivity index (χ4v) is 4.51. The van der Waals surface area contributed by atoms with Crippen molar-refractivity contribution in [3.8, 4) is 5.75 Å². The topological polar surface area (TPSA) is 111 Å². The number of carbonyl (C=O) groups is 1. The molecule has 2 N–H and O–H groups in total. The van der Waals surface area contributed by atoms with Gasteiger partial charge in [0.05, 0.1) is 24.8 Å². The largest absolute Gasteiger partial charge is 0.488 e. The highest BCUT2D eigenvalue weighted by Crippen LogP contribution is 2.33. The summed E-state index contributed by atoms with van der Waals surface area (Å²) in [5, 5.41) is 6.02. The number of rotatable bonds is 6. The average molecular weight is 461 g/mol. The maximum atomic E-state index is 11.8. The van der Waals surface area contributed by atoms with Crippen LogP contribution in [0.2, 0.25) is 0 Å². The van der Waals surface area contributed by atoms with Crippen molar-refractivity contribution in [3.05, 3.63) is 54.3 Å². The van der Waals surface area contributed by atoms with E-state index in [1.807, 2.05) is 0 Å². The molecule has 1 aliphatic carbocycles. The Morgan fingerprint density at radius 2 is 1.91 bits per heavy atom. The molecule has 3 aromatic rings. The molecule has 0 spiro atoms. The number of carbonyl (C=O) groups excluding carboxylic acids is 1. The number of fused-ring (bicyclic) bond motifs is 1. The summed E-state index contributed by atoms with van der Waals surface area (Å²) in [7, 11) is 1.59. The van der Waals surface area contributed by atoms with Crippen LogP contribution in [0.15, 0.2) is 43.0 Å². The number of aromatic nitrogens is 4. The molecule has 5 rings (SSSR count). The van der Waals surface area contributed by atoms with Crippen LogP contribution in [-0.2, 0) is 4.74 Å². The van der Waals surface area contributed by atoms with Gasteiger partial charge in [-0.05, 0) is 55.4 Å². The van der Waals surface area contributed by atoms with Gasteiger partial charge < -0.3 is 20.1 Å². The summed E-state index contributed by atoms with van der Waals surface area (Å²) in [5.74, 6) is 1.23. The smallest absolute Gasteiger partial charge is 0.269 e. The van der Waals surface area contributed by atoms with Crippen LogP contribution in [0.25, 0.3) is 16.6 Å². The average Bonchev–Trinajstić information content (AvgIpc) is 2.90. The highest BCUT2D eigenvalue weighted by atomic mass is 16.5. The molecule has 0 unspecified atom stereocenters. The first kappa shape index (κ1) is 22.2. The minimum atomic E-state index is -0.225. The van der Waals surface area contributed by atoms with E-state index in [4.69, 9.17) is 9.47 Å². The Hall–Kier alpha value is -3.59. The first-order valence-electron chi connectivity index (χ1n) is 11.7. The maximum Gasteiger partial charge on any atom is 0.269 e. The summed E-state index contributed by atoms with van der Waals surface area (Å²) in [6, 6.07) is 6.13. The lowest BCUT2D eigenvalue weighted by Gasteiger charge is -2.30. The fraction of sp³-hybridized carbons (Fsp3) is 0.400. The van der Waals surface area contributed by atoms with Gasteiger partial charge in [0.2, 0.25) is 0 Å². The summed E-state index contributed by atoms with van der Waals surface area (Å²) in [6.45, 7) is 1.37. The van der Waals surface area contributed by atoms with Crippen molar-refractivity contribution in [1.82, 2.24) is 25.3 Å². The van der Waals surface area contributed by atoms with Crippen molar-refractivity contribution in [2.75, 3.05) is 25.6 Å². The lowest BCUT2D eigenvalue weighted by molar-refractivity contribution is 0.0958. The van der Waals surface area contributed by atoms with Crippen molar-refractivity contribution in [3.63, 3.8) is 0 Å². The second-order valence-corrected chi connectivity index (χ2v) is 8.56. The van der Waals surface area contributed by atoms with Crippen LogP contribution in [0.5, 0.6) is 5.75 Å². The third-order valence-corrected chi connectivity index (χ3v) is 6.32. The zero-order valence-electron chi connectivity index (χ0n) is 19.2. The van der Waals surface area contributed by atoms with Crippen LogP contribution >= 0.6 is 0 Å². The molecule has 0 saturated heterocycles. The Labute approximate surface area is 198 Å². The van der Waals surface area contributed by atoms with Gasteiger partial charge in [-0.15, -0.1) is 0 Å². The Morgan fingerprint density at radius 1 is 1.06 bits per heavy atom. The fourth-order valence-electron chi connectivity index (χ4n) is 4.51. The molecule has 1 fully saturated rings. The predicted molar refractivity (Wildman–Crippen MR) is 129 cm³/mol. The zero-order valence-corrected chi connectivity index (χ0v) is 19.2. The van der Waals surface area contributed by atoms with Crippen molar-refractivity contribution >= 4 is 28.3 Å². The molecule has 34 heavy (non-hydrogen) atoms. The lowest BCUT2D eigenvalue weighted by atomic mass is 9.92. The monoisotopic (exact) mass is 460 g/mol. The van der Waals surface area contributed by atoms with E-state index in [1.54, 1.807) is 25.5 Å². The van der Waals surface area contributed by atoms with Gasteiger partial charge in [-0.3, -0.25) is 9.78 Å². The number of anilines is 1. The van der Waals surface area contributed by atoms with E-state index in [0.717, 1.165) is 61.1 Å². The number of nitrogens with zero attached hydrogens (tertiary/aromatic N) is 4. The SMILES string of the molecule is CNC(=O)c1cc(N[C@H]2CC[C@@H](Oc3cc(C4=CCOCC4)cc4nccnc34)CC2)ncn1. The molecule has 1 aromatic carbocycles. The molecule has 176 valence electrons. The second-order valence-electron chi connectivity index (χ2n) is 8.56. The molecule has 2 aliphatic rings. The quantitative estimate of drug-likeness (QED) is 0.576. The third kappa shape index (κ3) is 4.99. The molecule has 1 saturated carbocycles. The number of nitrogens with one attached hydrogen (secondary N) is 2. The molecule has 0 bridgehead atoms. The lowest BCUT2D eigenvalue weighted by Crippen LogP contribution is -2.31. The Kier molecular flexibility index (Phi) is 6.62. The first-order valence-corrected chi connectivity index (χ1v) is 11.7. The highest BCUT2D eigenvalue weighted by molar-refractivity contribution is 5.92. The van der Waals surface area contributed by atoms with Crippen molar-refractivity contribution < 1.29 is 14.3 Å². The van der Waals surface area contributed by atoms with Crippen LogP contribution in [0, 0.1) is 0 Å². The van der Waals surface area contributed by atoms with Gasteiger partial charge in [-0.25, -0.2) is 15.0 Å². The van der Waals surface area contributed by atoms with Crippen molar-refractivity contribution in [2.24, 2.45) is 0 Å². The summed E-state index contributed by atoms with van der Waals surface area (Å²) < 4.78 is 12.0. The zero-order chi connectivity index (χ0) is 23.3. The first-order chi connectivity index (χ1) is 16.7. The summed E-state index contributed by atoms with van der Waals surface area (Å²) >= 11 is 0. The highest BCUT2D eigenvalue weighted by Gasteiger charge is 2.24. The molecule has 2 aromatic heterocycles. The van der Waals surface area contributed by atoms with Crippen LogP contribution in [0.4, 0.5) is 5.82 Å². The molecule has 1 amide bonds. The summed E-state index contributed by atoms with van der Waals surface area (Å²) in [5.41, 5.74) is 4.37. The van der Waals surface area contributed by atoms with E-state index in [1.165, 1.54) is 11.9 Å². The van der Waals surface area contributed by atoms with Crippen LogP contribution in [-0.4, -0.2) is 58.3 Å². The number of benzene rings is 1. The normalized spacial score (nSPS) is 20.4. The van der Waals surface area contributed by atoms with Gasteiger partial charge in [-0.1, -0.05) is 6.08 Å². The number of amides is 1. The van der Waals surface area contributed by atoms with E-state index in [-0.39, 0.29) is 18.1 Å². The van der Waals surface area contributed by atoms with Gasteiger partial charge in [0.15, 0.2) is 0 Å². The molecular weight excluding hydrogens is 432 g/mol. The van der Waals surface area contributed by atoms with Gasteiger partial charge in [0, 0.05) is 31.5 Å². The molecule has 9 nitrogen and oxygen atoms in total. The van der Waals surface area contributed by atoms with Crippen LogP contribution < -0.4 is 15.4 Å². The van der Waals surface area contributed by atoms with E-state index in [9.17, 15) is 4.79 Å². The second kappa shape index (κ2) is 10.1. The van der Waals surface area contributed by atoms with Crippen LogP contribution in [0.1, 0.15) is 48.2 Å².